The van der Waals surface area contributed by atoms with Crippen molar-refractivity contribution in [1.82, 2.24) is 30.2 Å². The minimum absolute atomic E-state index is 0.326. The standard InChI is InChI=1S/C25H26N7O2/c1-34-11-10-32-8-5-17(6-9-32)21-3-2-20(15-29-21)30-24-23-18(4-7-28-25(23)33)12-22(31-24)19-13-26-16-27-14-19/h2-4,7,12-17H,5-6,8-11H2,1H3,(H,30,31). The van der Waals surface area contributed by atoms with Gasteiger partial charge in [-0.15, -0.1) is 0 Å². The van der Waals surface area contributed by atoms with Crippen LogP contribution in [0, 0.1) is 0 Å². The van der Waals surface area contributed by atoms with Gasteiger partial charge in [0.1, 0.15) is 12.1 Å². The van der Waals surface area contributed by atoms with Crippen molar-refractivity contribution in [2.45, 2.75) is 18.8 Å². The van der Waals surface area contributed by atoms with Crippen molar-refractivity contribution in [1.29, 1.82) is 0 Å². The Morgan fingerprint density at radius 2 is 1.97 bits per heavy atom. The monoisotopic (exact) mass is 456 g/mol. The molecule has 0 atom stereocenters. The minimum atomic E-state index is -0.326. The van der Waals surface area contributed by atoms with Crippen LogP contribution in [0.15, 0.2) is 49.3 Å². The Kier molecular flexibility index (Phi) is 6.55. The number of likely N-dealkylation sites (tertiary alicyclic amines) is 1. The quantitative estimate of drug-likeness (QED) is 0.577. The van der Waals surface area contributed by atoms with Crippen LogP contribution in [0.3, 0.4) is 0 Å². The number of hydrogen-bond acceptors (Lipinski definition) is 8. The lowest BCUT2D eigenvalue weighted by Gasteiger charge is -2.31. The molecule has 9 heteroatoms. The van der Waals surface area contributed by atoms with Gasteiger partial charge in [0.25, 0.3) is 5.91 Å². The lowest BCUT2D eigenvalue weighted by Crippen LogP contribution is -2.35. The average Bonchev–Trinajstić information content (AvgIpc) is 2.89. The van der Waals surface area contributed by atoms with Crippen molar-refractivity contribution in [3.63, 3.8) is 0 Å². The number of nitrogens with one attached hydrogen (secondary N) is 1. The highest BCUT2D eigenvalue weighted by atomic mass is 16.5. The van der Waals surface area contributed by atoms with E-state index in [0.717, 1.165) is 61.6 Å². The van der Waals surface area contributed by atoms with Crippen LogP contribution in [0.5, 0.6) is 0 Å². The molecule has 1 saturated heterocycles. The molecular formula is C25H26N7O2. The largest absolute Gasteiger partial charge is 0.383 e. The summed E-state index contributed by atoms with van der Waals surface area (Å²) < 4.78 is 5.19. The maximum Gasteiger partial charge on any atom is 0.281 e. The number of nitrogens with zero attached hydrogens (tertiary/aromatic N) is 6. The van der Waals surface area contributed by atoms with E-state index < -0.39 is 0 Å². The van der Waals surface area contributed by atoms with Crippen molar-refractivity contribution < 1.29 is 9.53 Å². The molecule has 1 radical (unpaired) electrons. The van der Waals surface area contributed by atoms with Gasteiger partial charge in [0.15, 0.2) is 0 Å². The molecule has 3 aromatic heterocycles. The van der Waals surface area contributed by atoms with Gasteiger partial charge in [-0.25, -0.2) is 20.3 Å². The fraction of sp³-hybridized carbons (Fsp3) is 0.320. The molecule has 0 aromatic carbocycles. The molecule has 0 unspecified atom stereocenters. The number of ether oxygens (including phenoxy) is 1. The molecule has 3 aromatic rings. The maximum absolute atomic E-state index is 12.5. The highest BCUT2D eigenvalue weighted by Crippen LogP contribution is 2.31. The Balaban J connectivity index is 1.35. The van der Waals surface area contributed by atoms with Crippen molar-refractivity contribution in [2.75, 3.05) is 38.7 Å². The van der Waals surface area contributed by atoms with Crippen molar-refractivity contribution in [2.24, 2.45) is 0 Å². The van der Waals surface area contributed by atoms with Crippen LogP contribution in [-0.2, 0) is 4.74 Å². The third-order valence-electron chi connectivity index (χ3n) is 6.23. The molecule has 0 bridgehead atoms. The first-order chi connectivity index (χ1) is 16.7. The molecule has 9 nitrogen and oxygen atoms in total. The van der Waals surface area contributed by atoms with E-state index in [2.05, 4.69) is 31.6 Å². The lowest BCUT2D eigenvalue weighted by atomic mass is 9.93. The van der Waals surface area contributed by atoms with Crippen LogP contribution in [0.4, 0.5) is 11.5 Å². The smallest absolute Gasteiger partial charge is 0.281 e. The Morgan fingerprint density at radius 1 is 1.15 bits per heavy atom. The van der Waals surface area contributed by atoms with E-state index in [-0.39, 0.29) is 5.91 Å². The zero-order valence-corrected chi connectivity index (χ0v) is 19.0. The van der Waals surface area contributed by atoms with Gasteiger partial charge in [0, 0.05) is 49.4 Å². The van der Waals surface area contributed by atoms with Gasteiger partial charge in [-0.2, -0.15) is 0 Å². The first kappa shape index (κ1) is 22.1. The van der Waals surface area contributed by atoms with Crippen LogP contribution in [0.2, 0.25) is 0 Å². The number of anilines is 2. The van der Waals surface area contributed by atoms with Gasteiger partial charge in [0.05, 0.1) is 29.7 Å². The molecule has 2 aliphatic rings. The van der Waals surface area contributed by atoms with Gasteiger partial charge in [-0.3, -0.25) is 9.78 Å². The number of carbonyl (C=O) groups is 1. The first-order valence-electron chi connectivity index (χ1n) is 11.4. The molecule has 5 heterocycles. The molecule has 5 rings (SSSR count). The van der Waals surface area contributed by atoms with E-state index >= 15 is 0 Å². The fourth-order valence-electron chi connectivity index (χ4n) is 4.37. The lowest BCUT2D eigenvalue weighted by molar-refractivity contribution is 0.0965. The molecule has 0 saturated carbocycles. The summed E-state index contributed by atoms with van der Waals surface area (Å²) >= 11 is 0. The summed E-state index contributed by atoms with van der Waals surface area (Å²) in [5, 5.41) is 7.21. The van der Waals surface area contributed by atoms with Crippen LogP contribution >= 0.6 is 0 Å². The van der Waals surface area contributed by atoms with Crippen molar-refractivity contribution in [3.8, 4) is 11.3 Å². The first-order valence-corrected chi connectivity index (χ1v) is 11.4. The molecule has 1 N–H and O–H groups in total. The number of amides is 1. The number of piperidine rings is 1. The summed E-state index contributed by atoms with van der Waals surface area (Å²) in [4.78, 5) is 32.6. The van der Waals surface area contributed by atoms with E-state index in [1.165, 1.54) is 12.5 Å². The average molecular weight is 457 g/mol. The topological polar surface area (TPSA) is 107 Å². The number of rotatable bonds is 7. The van der Waals surface area contributed by atoms with E-state index in [9.17, 15) is 4.79 Å². The van der Waals surface area contributed by atoms with Crippen LogP contribution in [-0.4, -0.2) is 64.1 Å². The van der Waals surface area contributed by atoms with E-state index in [4.69, 9.17) is 14.7 Å². The third kappa shape index (κ3) is 4.80. The summed E-state index contributed by atoms with van der Waals surface area (Å²) in [6.45, 7) is 3.86. The molecule has 34 heavy (non-hydrogen) atoms. The van der Waals surface area contributed by atoms with Gasteiger partial charge in [-0.05, 0) is 55.8 Å². The zero-order valence-electron chi connectivity index (χ0n) is 19.0. The zero-order chi connectivity index (χ0) is 23.3. The second-order valence-corrected chi connectivity index (χ2v) is 8.40. The summed E-state index contributed by atoms with van der Waals surface area (Å²) in [6.07, 6.45) is 12.2. The molecule has 0 aliphatic carbocycles. The van der Waals surface area contributed by atoms with Gasteiger partial charge in [-0.1, -0.05) is 0 Å². The predicted molar refractivity (Wildman–Crippen MR) is 129 cm³/mol. The van der Waals surface area contributed by atoms with Crippen molar-refractivity contribution >= 4 is 23.5 Å². The summed E-state index contributed by atoms with van der Waals surface area (Å²) in [5.41, 5.74) is 4.49. The fourth-order valence-corrected chi connectivity index (χ4v) is 4.37. The summed E-state index contributed by atoms with van der Waals surface area (Å²) in [7, 11) is 1.74. The number of aromatic nitrogens is 4. The molecule has 1 amide bonds. The number of fused-ring (bicyclic) bond motifs is 1. The Hall–Kier alpha value is -3.69. The number of methoxy groups -OCH3 is 1. The molecular weight excluding hydrogens is 430 g/mol. The van der Waals surface area contributed by atoms with Crippen LogP contribution < -0.4 is 10.6 Å². The van der Waals surface area contributed by atoms with E-state index in [0.29, 0.717) is 23.0 Å². The maximum atomic E-state index is 12.5. The number of pyridine rings is 2. The summed E-state index contributed by atoms with van der Waals surface area (Å²) in [6, 6.07) is 5.90. The summed E-state index contributed by atoms with van der Waals surface area (Å²) in [5.74, 6) is 0.564. The van der Waals surface area contributed by atoms with E-state index in [1.807, 2.05) is 12.1 Å². The number of hydrogen-bond donors (Lipinski definition) is 1. The molecule has 173 valence electrons. The SMILES string of the molecule is COCCN1CCC(c2ccc(Nc3nc(-c4cncnc4)cc4c3C(=O)[N]C=C4)cn2)CC1. The Labute approximate surface area is 198 Å². The van der Waals surface area contributed by atoms with E-state index in [1.54, 1.807) is 31.8 Å². The Bertz CT molecular complexity index is 1170. The highest BCUT2D eigenvalue weighted by molar-refractivity contribution is 6.05. The predicted octanol–water partition coefficient (Wildman–Crippen LogP) is 3.23. The minimum Gasteiger partial charge on any atom is -0.383 e. The van der Waals surface area contributed by atoms with Gasteiger partial charge < -0.3 is 15.0 Å². The Morgan fingerprint density at radius 3 is 2.71 bits per heavy atom. The number of carbonyl (C=O) groups excluding carboxylic acids is 1. The normalized spacial score (nSPS) is 16.2. The second-order valence-electron chi connectivity index (χ2n) is 8.40. The van der Waals surface area contributed by atoms with Gasteiger partial charge in [0.2, 0.25) is 0 Å². The second kappa shape index (κ2) is 10.1. The molecule has 2 aliphatic heterocycles. The molecule has 1 fully saturated rings. The van der Waals surface area contributed by atoms with Gasteiger partial charge >= 0.3 is 0 Å². The highest BCUT2D eigenvalue weighted by Gasteiger charge is 2.23. The molecule has 0 spiro atoms. The van der Waals surface area contributed by atoms with Crippen molar-refractivity contribution in [3.05, 3.63) is 66.1 Å². The van der Waals surface area contributed by atoms with Crippen LogP contribution in [0.25, 0.3) is 17.3 Å². The van der Waals surface area contributed by atoms with Crippen LogP contribution in [0.1, 0.15) is 40.4 Å². The third-order valence-corrected chi connectivity index (χ3v) is 6.23.